The number of hydrogen-bond acceptors (Lipinski definition) is 3. The molecule has 0 saturated carbocycles. The predicted molar refractivity (Wildman–Crippen MR) is 73.2 cm³/mol. The molecule has 1 atom stereocenters. The van der Waals surface area contributed by atoms with Gasteiger partial charge in [-0.15, -0.1) is 0 Å². The average Bonchev–Trinajstić information content (AvgIpc) is 2.74. The van der Waals surface area contributed by atoms with Crippen LogP contribution in [0.1, 0.15) is 39.0 Å². The standard InChI is InChI=1S/C14H28N2O/c1-3-8-15-11-13(2)12-16-9-4-6-14(16)7-5-10-17/h14-15,17H,2-12H2,1H3. The molecule has 3 nitrogen and oxygen atoms in total. The van der Waals surface area contributed by atoms with Gasteiger partial charge in [0.25, 0.3) is 0 Å². The molecule has 0 aromatic heterocycles. The van der Waals surface area contributed by atoms with Gasteiger partial charge in [-0.1, -0.05) is 13.5 Å². The number of aliphatic hydroxyl groups is 1. The minimum Gasteiger partial charge on any atom is -0.396 e. The molecule has 1 aliphatic heterocycles. The van der Waals surface area contributed by atoms with Crippen molar-refractivity contribution in [2.45, 2.75) is 45.1 Å². The minimum absolute atomic E-state index is 0.323. The van der Waals surface area contributed by atoms with E-state index in [0.717, 1.165) is 32.5 Å². The second-order valence-corrected chi connectivity index (χ2v) is 5.06. The molecule has 2 N–H and O–H groups in total. The van der Waals surface area contributed by atoms with Crippen LogP contribution in [0, 0.1) is 0 Å². The summed E-state index contributed by atoms with van der Waals surface area (Å²) in [6, 6.07) is 0.671. The molecule has 0 bridgehead atoms. The second kappa shape index (κ2) is 8.67. The zero-order valence-electron chi connectivity index (χ0n) is 11.2. The summed E-state index contributed by atoms with van der Waals surface area (Å²) in [6.45, 7) is 10.9. The van der Waals surface area contributed by atoms with E-state index in [9.17, 15) is 0 Å². The third-order valence-corrected chi connectivity index (χ3v) is 3.42. The molecule has 1 heterocycles. The third kappa shape index (κ3) is 5.66. The highest BCUT2D eigenvalue weighted by Crippen LogP contribution is 2.21. The number of nitrogens with zero attached hydrogens (tertiary/aromatic N) is 1. The molecule has 1 aliphatic rings. The first-order chi connectivity index (χ1) is 8.27. The van der Waals surface area contributed by atoms with Gasteiger partial charge < -0.3 is 10.4 Å². The summed E-state index contributed by atoms with van der Waals surface area (Å²) in [5.74, 6) is 0. The lowest BCUT2D eigenvalue weighted by molar-refractivity contribution is 0.227. The lowest BCUT2D eigenvalue weighted by atomic mass is 10.1. The van der Waals surface area contributed by atoms with Crippen molar-refractivity contribution in [3.63, 3.8) is 0 Å². The Balaban J connectivity index is 2.21. The lowest BCUT2D eigenvalue weighted by Gasteiger charge is -2.25. The lowest BCUT2D eigenvalue weighted by Crippen LogP contribution is -2.33. The van der Waals surface area contributed by atoms with E-state index in [1.165, 1.54) is 31.4 Å². The van der Waals surface area contributed by atoms with Crippen LogP contribution in [-0.4, -0.2) is 48.8 Å². The van der Waals surface area contributed by atoms with Gasteiger partial charge in [-0.25, -0.2) is 0 Å². The van der Waals surface area contributed by atoms with Gasteiger partial charge in [0, 0.05) is 25.7 Å². The predicted octanol–water partition coefficient (Wildman–Crippen LogP) is 1.78. The molecule has 0 aromatic carbocycles. The molecule has 0 aromatic rings. The summed E-state index contributed by atoms with van der Waals surface area (Å²) >= 11 is 0. The van der Waals surface area contributed by atoms with E-state index in [1.807, 2.05) is 0 Å². The molecule has 1 saturated heterocycles. The fourth-order valence-electron chi connectivity index (χ4n) is 2.54. The normalized spacial score (nSPS) is 20.9. The number of aliphatic hydroxyl groups excluding tert-OH is 1. The molecule has 0 aliphatic carbocycles. The van der Waals surface area contributed by atoms with Gasteiger partial charge in [-0.05, 0) is 50.8 Å². The number of likely N-dealkylation sites (tertiary alicyclic amines) is 1. The summed E-state index contributed by atoms with van der Waals surface area (Å²) in [7, 11) is 0. The maximum absolute atomic E-state index is 8.89. The van der Waals surface area contributed by atoms with Crippen molar-refractivity contribution < 1.29 is 5.11 Å². The fourth-order valence-corrected chi connectivity index (χ4v) is 2.54. The molecule has 1 rings (SSSR count). The maximum atomic E-state index is 8.89. The Morgan fingerprint density at radius 3 is 3.06 bits per heavy atom. The Kier molecular flexibility index (Phi) is 7.49. The van der Waals surface area contributed by atoms with E-state index < -0.39 is 0 Å². The van der Waals surface area contributed by atoms with Gasteiger partial charge in [-0.2, -0.15) is 0 Å². The molecular weight excluding hydrogens is 212 g/mol. The molecule has 1 unspecified atom stereocenters. The third-order valence-electron chi connectivity index (χ3n) is 3.42. The monoisotopic (exact) mass is 240 g/mol. The van der Waals surface area contributed by atoms with Gasteiger partial charge in [0.2, 0.25) is 0 Å². The van der Waals surface area contributed by atoms with E-state index in [-0.39, 0.29) is 0 Å². The van der Waals surface area contributed by atoms with Crippen LogP contribution >= 0.6 is 0 Å². The molecule has 1 fully saturated rings. The van der Waals surface area contributed by atoms with Crippen molar-refractivity contribution in [1.82, 2.24) is 10.2 Å². The van der Waals surface area contributed by atoms with Crippen LogP contribution in [0.15, 0.2) is 12.2 Å². The Morgan fingerprint density at radius 2 is 2.35 bits per heavy atom. The second-order valence-electron chi connectivity index (χ2n) is 5.06. The first kappa shape index (κ1) is 14.7. The largest absolute Gasteiger partial charge is 0.396 e. The van der Waals surface area contributed by atoms with E-state index >= 15 is 0 Å². The van der Waals surface area contributed by atoms with Crippen LogP contribution in [0.2, 0.25) is 0 Å². The van der Waals surface area contributed by atoms with Crippen molar-refractivity contribution in [2.24, 2.45) is 0 Å². The Morgan fingerprint density at radius 1 is 1.53 bits per heavy atom. The SMILES string of the molecule is C=C(CNCCC)CN1CCCC1CCCO. The van der Waals surface area contributed by atoms with Gasteiger partial charge in [0.05, 0.1) is 0 Å². The van der Waals surface area contributed by atoms with Crippen molar-refractivity contribution in [1.29, 1.82) is 0 Å². The quantitative estimate of drug-likeness (QED) is 0.476. The zero-order chi connectivity index (χ0) is 12.5. The highest BCUT2D eigenvalue weighted by Gasteiger charge is 2.23. The smallest absolute Gasteiger partial charge is 0.0431 e. The summed E-state index contributed by atoms with van der Waals surface area (Å²) in [5, 5.41) is 12.3. The average molecular weight is 240 g/mol. The van der Waals surface area contributed by atoms with Crippen LogP contribution in [0.25, 0.3) is 0 Å². The van der Waals surface area contributed by atoms with Gasteiger partial charge >= 0.3 is 0 Å². The number of hydrogen-bond donors (Lipinski definition) is 2. The molecule has 0 radical (unpaired) electrons. The summed E-state index contributed by atoms with van der Waals surface area (Å²) in [6.07, 6.45) is 5.82. The van der Waals surface area contributed by atoms with E-state index in [2.05, 4.69) is 23.7 Å². The highest BCUT2D eigenvalue weighted by molar-refractivity contribution is 5.01. The summed E-state index contributed by atoms with van der Waals surface area (Å²) in [4.78, 5) is 2.53. The Labute approximate surface area is 106 Å². The first-order valence-electron chi connectivity index (χ1n) is 7.00. The van der Waals surface area contributed by atoms with E-state index in [1.54, 1.807) is 0 Å². The number of nitrogens with one attached hydrogen (secondary N) is 1. The van der Waals surface area contributed by atoms with Crippen molar-refractivity contribution in [3.8, 4) is 0 Å². The van der Waals surface area contributed by atoms with Crippen LogP contribution in [0.5, 0.6) is 0 Å². The van der Waals surface area contributed by atoms with Crippen molar-refractivity contribution in [2.75, 3.05) is 32.8 Å². The van der Waals surface area contributed by atoms with Crippen LogP contribution < -0.4 is 5.32 Å². The van der Waals surface area contributed by atoms with Gasteiger partial charge in [0.15, 0.2) is 0 Å². The molecule has 0 amide bonds. The zero-order valence-corrected chi connectivity index (χ0v) is 11.2. The van der Waals surface area contributed by atoms with Crippen molar-refractivity contribution >= 4 is 0 Å². The Hall–Kier alpha value is -0.380. The van der Waals surface area contributed by atoms with E-state index in [4.69, 9.17) is 5.11 Å². The molecule has 0 spiro atoms. The Bertz CT molecular complexity index is 218. The minimum atomic E-state index is 0.323. The highest BCUT2D eigenvalue weighted by atomic mass is 16.2. The van der Waals surface area contributed by atoms with Crippen LogP contribution in [0.4, 0.5) is 0 Å². The maximum Gasteiger partial charge on any atom is 0.0431 e. The topological polar surface area (TPSA) is 35.5 Å². The first-order valence-corrected chi connectivity index (χ1v) is 7.00. The molecular formula is C14H28N2O. The molecule has 100 valence electrons. The molecule has 3 heteroatoms. The van der Waals surface area contributed by atoms with Gasteiger partial charge in [0.1, 0.15) is 0 Å². The van der Waals surface area contributed by atoms with Crippen LogP contribution in [-0.2, 0) is 0 Å². The molecule has 17 heavy (non-hydrogen) atoms. The summed E-state index contributed by atoms with van der Waals surface area (Å²) in [5.41, 5.74) is 1.29. The van der Waals surface area contributed by atoms with Crippen LogP contribution in [0.3, 0.4) is 0 Å². The van der Waals surface area contributed by atoms with Gasteiger partial charge in [-0.3, -0.25) is 4.90 Å². The van der Waals surface area contributed by atoms with Crippen molar-refractivity contribution in [3.05, 3.63) is 12.2 Å². The van der Waals surface area contributed by atoms with E-state index in [0.29, 0.717) is 12.6 Å². The summed E-state index contributed by atoms with van der Waals surface area (Å²) < 4.78 is 0. The number of rotatable bonds is 9. The fraction of sp³-hybridized carbons (Fsp3) is 0.857.